The molecular weight excluding hydrogens is 178 g/mol. The van der Waals surface area contributed by atoms with Gasteiger partial charge < -0.3 is 11.1 Å². The van der Waals surface area contributed by atoms with Gasteiger partial charge in [0.1, 0.15) is 0 Å². The molecule has 4 nitrogen and oxygen atoms in total. The maximum absolute atomic E-state index is 11.6. The van der Waals surface area contributed by atoms with Crippen LogP contribution in [0.5, 0.6) is 0 Å². The van der Waals surface area contributed by atoms with Crippen molar-refractivity contribution in [2.24, 2.45) is 5.41 Å². The van der Waals surface area contributed by atoms with Crippen molar-refractivity contribution < 1.29 is 4.79 Å². The van der Waals surface area contributed by atoms with Crippen LogP contribution in [0, 0.1) is 5.41 Å². The van der Waals surface area contributed by atoms with Crippen molar-refractivity contribution >= 4 is 17.4 Å². The SMILES string of the molecule is CC(C)(C)C(=O)Nc1ncccc1N. The number of hydrogen-bond acceptors (Lipinski definition) is 3. The zero-order valence-corrected chi connectivity index (χ0v) is 8.66. The quantitative estimate of drug-likeness (QED) is 0.712. The van der Waals surface area contributed by atoms with E-state index in [1.54, 1.807) is 18.3 Å². The molecule has 0 unspecified atom stereocenters. The number of hydrogen-bond donors (Lipinski definition) is 2. The molecule has 0 atom stereocenters. The third-order valence-electron chi connectivity index (χ3n) is 1.75. The predicted molar refractivity (Wildman–Crippen MR) is 56.7 cm³/mol. The molecule has 0 aromatic carbocycles. The number of nitrogen functional groups attached to an aromatic ring is 1. The van der Waals surface area contributed by atoms with E-state index in [2.05, 4.69) is 10.3 Å². The van der Waals surface area contributed by atoms with E-state index in [-0.39, 0.29) is 5.91 Å². The van der Waals surface area contributed by atoms with E-state index in [1.165, 1.54) is 0 Å². The molecule has 0 fully saturated rings. The number of nitrogens with one attached hydrogen (secondary N) is 1. The third kappa shape index (κ3) is 2.45. The van der Waals surface area contributed by atoms with Gasteiger partial charge in [-0.2, -0.15) is 0 Å². The van der Waals surface area contributed by atoms with E-state index >= 15 is 0 Å². The van der Waals surface area contributed by atoms with E-state index < -0.39 is 5.41 Å². The number of nitrogens with zero attached hydrogens (tertiary/aromatic N) is 1. The molecule has 0 aliphatic rings. The Kier molecular flexibility index (Phi) is 2.74. The first kappa shape index (κ1) is 10.5. The number of amides is 1. The molecule has 0 spiro atoms. The lowest BCUT2D eigenvalue weighted by atomic mass is 9.96. The predicted octanol–water partition coefficient (Wildman–Crippen LogP) is 1.65. The van der Waals surface area contributed by atoms with Gasteiger partial charge in [-0.25, -0.2) is 4.98 Å². The molecule has 76 valence electrons. The largest absolute Gasteiger partial charge is 0.396 e. The first-order chi connectivity index (χ1) is 6.41. The van der Waals surface area contributed by atoms with Crippen LogP contribution < -0.4 is 11.1 Å². The summed E-state index contributed by atoms with van der Waals surface area (Å²) in [5.41, 5.74) is 5.67. The summed E-state index contributed by atoms with van der Waals surface area (Å²) in [6.45, 7) is 5.50. The fourth-order valence-electron chi connectivity index (χ4n) is 0.817. The Balaban J connectivity index is 2.80. The second-order valence-corrected chi connectivity index (χ2v) is 4.15. The van der Waals surface area contributed by atoms with Gasteiger partial charge in [0, 0.05) is 11.6 Å². The van der Waals surface area contributed by atoms with Crippen LogP contribution >= 0.6 is 0 Å². The molecule has 14 heavy (non-hydrogen) atoms. The molecule has 1 aromatic heterocycles. The number of carbonyl (C=O) groups excluding carboxylic acids is 1. The summed E-state index contributed by atoms with van der Waals surface area (Å²) in [5.74, 6) is 0.329. The summed E-state index contributed by atoms with van der Waals surface area (Å²) in [6, 6.07) is 3.42. The second kappa shape index (κ2) is 3.65. The van der Waals surface area contributed by atoms with E-state index in [0.29, 0.717) is 11.5 Å². The molecule has 3 N–H and O–H groups in total. The van der Waals surface area contributed by atoms with Gasteiger partial charge in [0.2, 0.25) is 5.91 Å². The van der Waals surface area contributed by atoms with E-state index in [1.807, 2.05) is 20.8 Å². The minimum Gasteiger partial charge on any atom is -0.396 e. The van der Waals surface area contributed by atoms with E-state index in [9.17, 15) is 4.79 Å². The summed E-state index contributed by atoms with van der Waals surface area (Å²) in [4.78, 5) is 15.6. The number of nitrogens with two attached hydrogens (primary N) is 1. The zero-order chi connectivity index (χ0) is 10.8. The fourth-order valence-corrected chi connectivity index (χ4v) is 0.817. The summed E-state index contributed by atoms with van der Waals surface area (Å²) in [7, 11) is 0. The highest BCUT2D eigenvalue weighted by Gasteiger charge is 2.21. The van der Waals surface area contributed by atoms with Crippen LogP contribution in [-0.2, 0) is 4.79 Å². The normalized spacial score (nSPS) is 11.1. The number of anilines is 2. The molecule has 1 rings (SSSR count). The van der Waals surface area contributed by atoms with Crippen LogP contribution in [0.25, 0.3) is 0 Å². The number of carbonyl (C=O) groups is 1. The molecular formula is C10H15N3O. The second-order valence-electron chi connectivity index (χ2n) is 4.15. The minimum atomic E-state index is -0.441. The molecule has 1 amide bonds. The van der Waals surface area contributed by atoms with Crippen molar-refractivity contribution in [3.05, 3.63) is 18.3 Å². The van der Waals surface area contributed by atoms with Crippen molar-refractivity contribution in [1.29, 1.82) is 0 Å². The first-order valence-corrected chi connectivity index (χ1v) is 4.43. The fraction of sp³-hybridized carbons (Fsp3) is 0.400. The monoisotopic (exact) mass is 193 g/mol. The Morgan fingerprint density at radius 1 is 1.50 bits per heavy atom. The number of pyridine rings is 1. The van der Waals surface area contributed by atoms with E-state index in [0.717, 1.165) is 0 Å². The molecule has 4 heteroatoms. The van der Waals surface area contributed by atoms with Crippen molar-refractivity contribution in [3.8, 4) is 0 Å². The van der Waals surface area contributed by atoms with Gasteiger partial charge >= 0.3 is 0 Å². The topological polar surface area (TPSA) is 68.0 Å². The standard InChI is InChI=1S/C10H15N3O/c1-10(2,3)9(14)13-8-7(11)5-4-6-12-8/h4-6H,11H2,1-3H3,(H,12,13,14). The highest BCUT2D eigenvalue weighted by molar-refractivity contribution is 5.95. The summed E-state index contributed by atoms with van der Waals surface area (Å²) in [6.07, 6.45) is 1.59. The Morgan fingerprint density at radius 2 is 2.14 bits per heavy atom. The van der Waals surface area contributed by atoms with Gasteiger partial charge in [-0.1, -0.05) is 20.8 Å². The lowest BCUT2D eigenvalue weighted by Crippen LogP contribution is -2.28. The highest BCUT2D eigenvalue weighted by atomic mass is 16.2. The summed E-state index contributed by atoms with van der Waals surface area (Å²) >= 11 is 0. The van der Waals surface area contributed by atoms with Gasteiger partial charge in [-0.15, -0.1) is 0 Å². The van der Waals surface area contributed by atoms with Crippen molar-refractivity contribution in [2.45, 2.75) is 20.8 Å². The van der Waals surface area contributed by atoms with E-state index in [4.69, 9.17) is 5.73 Å². The first-order valence-electron chi connectivity index (χ1n) is 4.43. The highest BCUT2D eigenvalue weighted by Crippen LogP contribution is 2.19. The molecule has 0 radical (unpaired) electrons. The van der Waals surface area contributed by atoms with Crippen molar-refractivity contribution in [2.75, 3.05) is 11.1 Å². The Labute approximate surface area is 83.5 Å². The maximum Gasteiger partial charge on any atom is 0.230 e. The Morgan fingerprint density at radius 3 is 2.64 bits per heavy atom. The lowest BCUT2D eigenvalue weighted by molar-refractivity contribution is -0.123. The molecule has 0 saturated heterocycles. The smallest absolute Gasteiger partial charge is 0.230 e. The molecule has 0 saturated carbocycles. The molecule has 0 aliphatic carbocycles. The zero-order valence-electron chi connectivity index (χ0n) is 8.66. The molecule has 0 aliphatic heterocycles. The maximum atomic E-state index is 11.6. The van der Waals surface area contributed by atoms with Gasteiger partial charge in [0.25, 0.3) is 0 Å². The van der Waals surface area contributed by atoms with Gasteiger partial charge in [0.15, 0.2) is 5.82 Å². The summed E-state index contributed by atoms with van der Waals surface area (Å²) < 4.78 is 0. The van der Waals surface area contributed by atoms with Gasteiger partial charge in [-0.3, -0.25) is 4.79 Å². The van der Waals surface area contributed by atoms with Crippen LogP contribution in [-0.4, -0.2) is 10.9 Å². The van der Waals surface area contributed by atoms with Crippen LogP contribution in [0.15, 0.2) is 18.3 Å². The summed E-state index contributed by atoms with van der Waals surface area (Å²) in [5, 5.41) is 2.68. The average molecular weight is 193 g/mol. The molecule has 1 heterocycles. The van der Waals surface area contributed by atoms with Crippen LogP contribution in [0.2, 0.25) is 0 Å². The van der Waals surface area contributed by atoms with Crippen molar-refractivity contribution in [3.63, 3.8) is 0 Å². The van der Waals surface area contributed by atoms with Crippen molar-refractivity contribution in [1.82, 2.24) is 4.98 Å². The van der Waals surface area contributed by atoms with Gasteiger partial charge in [0.05, 0.1) is 5.69 Å². The average Bonchev–Trinajstić information content (AvgIpc) is 2.07. The Hall–Kier alpha value is -1.58. The number of rotatable bonds is 1. The minimum absolute atomic E-state index is 0.0945. The third-order valence-corrected chi connectivity index (χ3v) is 1.75. The van der Waals surface area contributed by atoms with Gasteiger partial charge in [-0.05, 0) is 12.1 Å². The molecule has 1 aromatic rings. The lowest BCUT2D eigenvalue weighted by Gasteiger charge is -2.17. The van der Waals surface area contributed by atoms with Crippen LogP contribution in [0.1, 0.15) is 20.8 Å². The van der Waals surface area contributed by atoms with Crippen LogP contribution in [0.4, 0.5) is 11.5 Å². The molecule has 0 bridgehead atoms. The van der Waals surface area contributed by atoms with Crippen LogP contribution in [0.3, 0.4) is 0 Å². The Bertz CT molecular complexity index is 341. The number of aromatic nitrogens is 1.